The van der Waals surface area contributed by atoms with Crippen molar-refractivity contribution in [2.45, 2.75) is 0 Å². The van der Waals surface area contributed by atoms with Gasteiger partial charge in [-0.1, -0.05) is 12.1 Å². The van der Waals surface area contributed by atoms with Crippen LogP contribution in [0.2, 0.25) is 0 Å². The van der Waals surface area contributed by atoms with E-state index < -0.39 is 0 Å². The third-order valence-corrected chi connectivity index (χ3v) is 1.12. The molecule has 0 amide bonds. The number of para-hydroxylation sites is 1. The van der Waals surface area contributed by atoms with Crippen LogP contribution in [0.25, 0.3) is 0 Å². The van der Waals surface area contributed by atoms with Crippen LogP contribution in [0.3, 0.4) is 0 Å². The highest BCUT2D eigenvalue weighted by Gasteiger charge is 1.90. The fourth-order valence-electron chi connectivity index (χ4n) is 0.618. The first kappa shape index (κ1) is 13.3. The van der Waals surface area contributed by atoms with E-state index in [9.17, 15) is 4.79 Å². The van der Waals surface area contributed by atoms with E-state index in [2.05, 4.69) is 0 Å². The van der Waals surface area contributed by atoms with E-state index in [1.165, 1.54) is 0 Å². The summed E-state index contributed by atoms with van der Waals surface area (Å²) in [7, 11) is 0. The van der Waals surface area contributed by atoms with Crippen molar-refractivity contribution in [3.63, 3.8) is 0 Å². The Balaban J connectivity index is 0. The Morgan fingerprint density at radius 3 is 2.09 bits per heavy atom. The third kappa shape index (κ3) is 3.53. The topological polar surface area (TPSA) is 43.1 Å². The second-order valence-electron chi connectivity index (χ2n) is 1.75. The average molecular weight is 283 g/mol. The maximum Gasteiger partial charge on any atom is 0.152 e. The van der Waals surface area contributed by atoms with E-state index in [1.54, 1.807) is 24.3 Å². The molecule has 4 heteroatoms. The number of nitrogen functional groups attached to an aromatic ring is 1. The monoisotopic (exact) mass is 281 g/mol. The lowest BCUT2D eigenvalue weighted by Crippen LogP contribution is -1.90. The van der Waals surface area contributed by atoms with Crippen LogP contribution in [-0.2, 0) is 0 Å². The minimum Gasteiger partial charge on any atom is -0.398 e. The highest BCUT2D eigenvalue weighted by molar-refractivity contribution is 8.93. The molecule has 0 aliphatic heterocycles. The molecule has 0 heterocycles. The maximum atomic E-state index is 10.1. The molecule has 2 nitrogen and oxygen atoms in total. The first-order chi connectivity index (χ1) is 4.34. The zero-order valence-electron chi connectivity index (χ0n) is 5.69. The lowest BCUT2D eigenvalue weighted by molar-refractivity contribution is 0.112. The summed E-state index contributed by atoms with van der Waals surface area (Å²) in [5.41, 5.74) is 6.49. The van der Waals surface area contributed by atoms with Crippen LogP contribution in [0.5, 0.6) is 0 Å². The van der Waals surface area contributed by atoms with E-state index in [-0.39, 0.29) is 34.0 Å². The average Bonchev–Trinajstić information content (AvgIpc) is 1.89. The number of anilines is 1. The summed E-state index contributed by atoms with van der Waals surface area (Å²) in [6.07, 6.45) is 0.745. The van der Waals surface area contributed by atoms with Gasteiger partial charge in [-0.25, -0.2) is 0 Å². The molecule has 1 aromatic carbocycles. The predicted octanol–water partition coefficient (Wildman–Crippen LogP) is 2.24. The molecule has 0 saturated heterocycles. The van der Waals surface area contributed by atoms with Gasteiger partial charge in [0.25, 0.3) is 0 Å². The quantitative estimate of drug-likeness (QED) is 0.634. The largest absolute Gasteiger partial charge is 0.398 e. The van der Waals surface area contributed by atoms with Crippen molar-refractivity contribution in [1.82, 2.24) is 0 Å². The molecule has 0 radical (unpaired) electrons. The number of benzene rings is 1. The Morgan fingerprint density at radius 2 is 1.73 bits per heavy atom. The summed E-state index contributed by atoms with van der Waals surface area (Å²) < 4.78 is 0. The third-order valence-electron chi connectivity index (χ3n) is 1.12. The molecule has 0 atom stereocenters. The van der Waals surface area contributed by atoms with Crippen LogP contribution < -0.4 is 5.73 Å². The molecule has 0 aromatic heterocycles. The summed E-state index contributed by atoms with van der Waals surface area (Å²) in [6, 6.07) is 6.95. The molecule has 2 N–H and O–H groups in total. The molecular formula is C7H9Br2NO. The van der Waals surface area contributed by atoms with Crippen molar-refractivity contribution in [3.8, 4) is 0 Å². The lowest BCUT2D eigenvalue weighted by Gasteiger charge is -1.92. The number of carbonyl (C=O) groups is 1. The minimum atomic E-state index is 0. The smallest absolute Gasteiger partial charge is 0.152 e. The van der Waals surface area contributed by atoms with Crippen molar-refractivity contribution < 1.29 is 4.79 Å². The number of hydrogen-bond acceptors (Lipinski definition) is 2. The van der Waals surface area contributed by atoms with Gasteiger partial charge < -0.3 is 5.73 Å². The number of carbonyl (C=O) groups excluding carboxylic acids is 1. The van der Waals surface area contributed by atoms with Gasteiger partial charge in [-0.15, -0.1) is 34.0 Å². The minimum absolute atomic E-state index is 0. The van der Waals surface area contributed by atoms with Gasteiger partial charge in [0.1, 0.15) is 0 Å². The van der Waals surface area contributed by atoms with Gasteiger partial charge >= 0.3 is 0 Å². The van der Waals surface area contributed by atoms with Crippen LogP contribution in [0.1, 0.15) is 10.4 Å². The van der Waals surface area contributed by atoms with Gasteiger partial charge in [-0.05, 0) is 12.1 Å². The molecule has 0 aliphatic carbocycles. The van der Waals surface area contributed by atoms with Gasteiger partial charge in [-0.3, -0.25) is 4.79 Å². The number of nitrogens with two attached hydrogens (primary N) is 1. The predicted molar refractivity (Wildman–Crippen MR) is 56.9 cm³/mol. The van der Waals surface area contributed by atoms with E-state index in [0.29, 0.717) is 11.3 Å². The van der Waals surface area contributed by atoms with Gasteiger partial charge in [0.05, 0.1) is 0 Å². The van der Waals surface area contributed by atoms with E-state index >= 15 is 0 Å². The highest BCUT2D eigenvalue weighted by Crippen LogP contribution is 2.05. The van der Waals surface area contributed by atoms with Crippen LogP contribution in [0.15, 0.2) is 24.3 Å². The molecule has 0 unspecified atom stereocenters. The molecule has 0 fully saturated rings. The molecule has 1 rings (SSSR count). The number of halogens is 2. The Bertz CT molecular complexity index is 227. The van der Waals surface area contributed by atoms with E-state index in [0.717, 1.165) is 6.29 Å². The first-order valence-electron chi connectivity index (χ1n) is 2.64. The summed E-state index contributed by atoms with van der Waals surface area (Å²) in [5, 5.41) is 0. The van der Waals surface area contributed by atoms with Crippen molar-refractivity contribution in [3.05, 3.63) is 29.8 Å². The Hall–Kier alpha value is -0.350. The van der Waals surface area contributed by atoms with Gasteiger partial charge in [-0.2, -0.15) is 0 Å². The molecule has 62 valence electrons. The van der Waals surface area contributed by atoms with Crippen LogP contribution >= 0.6 is 34.0 Å². The summed E-state index contributed by atoms with van der Waals surface area (Å²) in [4.78, 5) is 10.1. The molecular weight excluding hydrogens is 274 g/mol. The first-order valence-corrected chi connectivity index (χ1v) is 2.64. The summed E-state index contributed by atoms with van der Waals surface area (Å²) >= 11 is 0. The van der Waals surface area contributed by atoms with Crippen LogP contribution in [-0.4, -0.2) is 6.29 Å². The Morgan fingerprint density at radius 1 is 1.18 bits per heavy atom. The van der Waals surface area contributed by atoms with Gasteiger partial charge in [0.15, 0.2) is 6.29 Å². The highest BCUT2D eigenvalue weighted by atomic mass is 79.9. The molecule has 0 bridgehead atoms. The van der Waals surface area contributed by atoms with Gasteiger partial charge in [0.2, 0.25) is 0 Å². The fourth-order valence-corrected chi connectivity index (χ4v) is 0.618. The zero-order chi connectivity index (χ0) is 6.69. The molecule has 1 aromatic rings. The normalized spacial score (nSPS) is 7.27. The zero-order valence-corrected chi connectivity index (χ0v) is 9.11. The molecule has 0 aliphatic rings. The second-order valence-corrected chi connectivity index (χ2v) is 1.75. The molecule has 11 heavy (non-hydrogen) atoms. The van der Waals surface area contributed by atoms with Crippen LogP contribution in [0, 0.1) is 0 Å². The lowest BCUT2D eigenvalue weighted by atomic mass is 10.2. The van der Waals surface area contributed by atoms with Gasteiger partial charge in [0, 0.05) is 11.3 Å². The summed E-state index contributed by atoms with van der Waals surface area (Å²) in [6.45, 7) is 0. The van der Waals surface area contributed by atoms with Crippen molar-refractivity contribution in [2.75, 3.05) is 5.73 Å². The van der Waals surface area contributed by atoms with E-state index in [4.69, 9.17) is 5.73 Å². The maximum absolute atomic E-state index is 10.1. The number of rotatable bonds is 1. The number of hydrogen-bond donors (Lipinski definition) is 1. The molecule has 0 spiro atoms. The number of aldehydes is 1. The van der Waals surface area contributed by atoms with Crippen molar-refractivity contribution in [2.24, 2.45) is 0 Å². The summed E-state index contributed by atoms with van der Waals surface area (Å²) in [5.74, 6) is 0. The Kier molecular flexibility index (Phi) is 7.67. The van der Waals surface area contributed by atoms with E-state index in [1.807, 2.05) is 0 Å². The Labute approximate surface area is 86.3 Å². The second kappa shape index (κ2) is 6.37. The van der Waals surface area contributed by atoms with Crippen molar-refractivity contribution in [1.29, 1.82) is 0 Å². The van der Waals surface area contributed by atoms with Crippen LogP contribution in [0.4, 0.5) is 5.69 Å². The molecule has 0 saturated carbocycles. The van der Waals surface area contributed by atoms with Crippen molar-refractivity contribution >= 4 is 45.9 Å². The standard InChI is InChI=1S/C7H7NO.2BrH/c8-7-4-2-1-3-6(7)5-9;;/h1-5H,8H2;2*1H. The fraction of sp³-hybridized carbons (Fsp3) is 0. The SMILES string of the molecule is Br.Br.Nc1ccccc1C=O.